The van der Waals surface area contributed by atoms with E-state index in [1.54, 1.807) is 19.2 Å². The molecule has 0 atom stereocenters. The Morgan fingerprint density at radius 2 is 1.84 bits per heavy atom. The second kappa shape index (κ2) is 5.39. The first kappa shape index (κ1) is 12.9. The van der Waals surface area contributed by atoms with Crippen molar-refractivity contribution in [3.8, 4) is 0 Å². The molecule has 0 saturated heterocycles. The first-order valence-electron chi connectivity index (χ1n) is 5.71. The number of furan rings is 1. The normalized spacial score (nSPS) is 10.2. The van der Waals surface area contributed by atoms with Crippen LogP contribution in [0.1, 0.15) is 16.3 Å². The number of anilines is 1. The van der Waals surface area contributed by atoms with Gasteiger partial charge in [0.2, 0.25) is 0 Å². The van der Waals surface area contributed by atoms with E-state index in [9.17, 15) is 9.59 Å². The predicted molar refractivity (Wildman–Crippen MR) is 69.2 cm³/mol. The zero-order valence-electron chi connectivity index (χ0n) is 10.4. The van der Waals surface area contributed by atoms with Crippen molar-refractivity contribution in [3.63, 3.8) is 0 Å². The Bertz CT molecular complexity index is 589. The van der Waals surface area contributed by atoms with Gasteiger partial charge in [-0.3, -0.25) is 9.59 Å². The second-order valence-corrected chi connectivity index (χ2v) is 4.04. The van der Waals surface area contributed by atoms with Gasteiger partial charge in [0, 0.05) is 12.7 Å². The third-order valence-electron chi connectivity index (χ3n) is 2.65. The molecule has 2 aromatic rings. The van der Waals surface area contributed by atoms with Gasteiger partial charge in [-0.15, -0.1) is 0 Å². The van der Waals surface area contributed by atoms with Crippen LogP contribution in [-0.2, 0) is 11.2 Å². The minimum atomic E-state index is -0.996. The van der Waals surface area contributed by atoms with Gasteiger partial charge in [0.05, 0.1) is 0 Å². The van der Waals surface area contributed by atoms with E-state index < -0.39 is 5.97 Å². The van der Waals surface area contributed by atoms with Crippen LogP contribution in [0.4, 0.5) is 5.69 Å². The molecule has 98 valence electrons. The summed E-state index contributed by atoms with van der Waals surface area (Å²) in [6.07, 6.45) is -0.234. The highest BCUT2D eigenvalue weighted by Gasteiger charge is 2.17. The highest BCUT2D eigenvalue weighted by molar-refractivity contribution is 6.03. The molecule has 19 heavy (non-hydrogen) atoms. The van der Waals surface area contributed by atoms with E-state index in [2.05, 4.69) is 0 Å². The number of amides is 1. The van der Waals surface area contributed by atoms with Crippen LogP contribution in [0.3, 0.4) is 0 Å². The summed E-state index contributed by atoms with van der Waals surface area (Å²) < 4.78 is 5.23. The van der Waals surface area contributed by atoms with Crippen LogP contribution in [0.2, 0.25) is 0 Å². The lowest BCUT2D eigenvalue weighted by Gasteiger charge is -2.15. The van der Waals surface area contributed by atoms with E-state index >= 15 is 0 Å². The van der Waals surface area contributed by atoms with Gasteiger partial charge in [-0.05, 0) is 24.3 Å². The molecule has 1 amide bonds. The van der Waals surface area contributed by atoms with Crippen molar-refractivity contribution in [2.45, 2.75) is 6.42 Å². The van der Waals surface area contributed by atoms with Crippen molar-refractivity contribution < 1.29 is 19.1 Å². The number of rotatable bonds is 4. The fraction of sp³-hybridized carbons (Fsp3) is 0.143. The lowest BCUT2D eigenvalue weighted by molar-refractivity contribution is -0.136. The van der Waals surface area contributed by atoms with Crippen LogP contribution in [0.15, 0.2) is 46.9 Å². The van der Waals surface area contributed by atoms with E-state index in [1.807, 2.05) is 18.2 Å². The number of carbonyl (C=O) groups is 2. The van der Waals surface area contributed by atoms with Crippen molar-refractivity contribution in [1.82, 2.24) is 0 Å². The van der Waals surface area contributed by atoms with Gasteiger partial charge in [-0.2, -0.15) is 0 Å². The van der Waals surface area contributed by atoms with Gasteiger partial charge in [-0.25, -0.2) is 0 Å². The van der Waals surface area contributed by atoms with Crippen molar-refractivity contribution >= 4 is 17.6 Å². The molecule has 0 unspecified atom stereocenters. The average molecular weight is 259 g/mol. The fourth-order valence-corrected chi connectivity index (χ4v) is 1.67. The molecule has 0 aliphatic rings. The molecule has 0 aliphatic heterocycles. The highest BCUT2D eigenvalue weighted by Crippen LogP contribution is 2.16. The molecule has 0 radical (unpaired) electrons. The topological polar surface area (TPSA) is 70.8 Å². The number of carboxylic acid groups (broad SMARTS) is 1. The Morgan fingerprint density at radius 1 is 1.16 bits per heavy atom. The van der Waals surface area contributed by atoms with Crippen LogP contribution in [0.25, 0.3) is 0 Å². The molecule has 0 spiro atoms. The molecule has 1 heterocycles. The smallest absolute Gasteiger partial charge is 0.311 e. The molecule has 1 N–H and O–H groups in total. The minimum Gasteiger partial charge on any atom is -0.481 e. The van der Waals surface area contributed by atoms with Gasteiger partial charge in [-0.1, -0.05) is 18.2 Å². The monoisotopic (exact) mass is 259 g/mol. The number of para-hydroxylation sites is 1. The maximum absolute atomic E-state index is 12.1. The Labute approximate surface area is 110 Å². The van der Waals surface area contributed by atoms with Gasteiger partial charge in [0.25, 0.3) is 5.91 Å². The van der Waals surface area contributed by atoms with Gasteiger partial charge in [0.1, 0.15) is 12.2 Å². The quantitative estimate of drug-likeness (QED) is 0.913. The van der Waals surface area contributed by atoms with Crippen LogP contribution < -0.4 is 4.90 Å². The van der Waals surface area contributed by atoms with Crippen molar-refractivity contribution in [1.29, 1.82) is 0 Å². The van der Waals surface area contributed by atoms with E-state index in [1.165, 1.54) is 17.0 Å². The maximum Gasteiger partial charge on any atom is 0.311 e. The number of hydrogen-bond donors (Lipinski definition) is 1. The molecule has 0 bridgehead atoms. The third-order valence-corrected chi connectivity index (χ3v) is 2.65. The van der Waals surface area contributed by atoms with Crippen LogP contribution >= 0.6 is 0 Å². The van der Waals surface area contributed by atoms with Gasteiger partial charge >= 0.3 is 5.97 Å². The van der Waals surface area contributed by atoms with Crippen molar-refractivity contribution in [3.05, 3.63) is 54.0 Å². The van der Waals surface area contributed by atoms with Gasteiger partial charge < -0.3 is 14.4 Å². The van der Waals surface area contributed by atoms with Crippen LogP contribution in [-0.4, -0.2) is 24.0 Å². The lowest BCUT2D eigenvalue weighted by atomic mass is 10.3. The highest BCUT2D eigenvalue weighted by atomic mass is 16.4. The van der Waals surface area contributed by atoms with Gasteiger partial charge in [0.15, 0.2) is 5.76 Å². The van der Waals surface area contributed by atoms with Crippen molar-refractivity contribution in [2.24, 2.45) is 0 Å². The number of carbonyl (C=O) groups excluding carboxylic acids is 1. The predicted octanol–water partition coefficient (Wildman–Crippen LogP) is 2.18. The largest absolute Gasteiger partial charge is 0.481 e. The number of aliphatic carboxylic acids is 1. The van der Waals surface area contributed by atoms with Crippen LogP contribution in [0, 0.1) is 0 Å². The Kier molecular flexibility index (Phi) is 3.66. The minimum absolute atomic E-state index is 0.127. The summed E-state index contributed by atoms with van der Waals surface area (Å²) in [6.45, 7) is 0. The summed E-state index contributed by atoms with van der Waals surface area (Å²) in [5, 5.41) is 8.65. The fourth-order valence-electron chi connectivity index (χ4n) is 1.67. The van der Waals surface area contributed by atoms with Crippen LogP contribution in [0.5, 0.6) is 0 Å². The molecule has 2 rings (SSSR count). The van der Waals surface area contributed by atoms with E-state index in [-0.39, 0.29) is 23.8 Å². The average Bonchev–Trinajstić information content (AvgIpc) is 2.85. The molecule has 5 nitrogen and oxygen atoms in total. The molecule has 1 aromatic heterocycles. The molecule has 1 aromatic carbocycles. The van der Waals surface area contributed by atoms with Crippen molar-refractivity contribution in [2.75, 3.05) is 11.9 Å². The van der Waals surface area contributed by atoms with E-state index in [0.717, 1.165) is 5.69 Å². The SMILES string of the molecule is CN(C(=O)c1ccc(CC(=O)O)o1)c1ccccc1. The third kappa shape index (κ3) is 3.01. The van der Waals surface area contributed by atoms with E-state index in [4.69, 9.17) is 9.52 Å². The lowest BCUT2D eigenvalue weighted by Crippen LogP contribution is -2.25. The first-order valence-corrected chi connectivity index (χ1v) is 5.71. The number of hydrogen-bond acceptors (Lipinski definition) is 3. The summed E-state index contributed by atoms with van der Waals surface area (Å²) in [5.74, 6) is -0.924. The summed E-state index contributed by atoms with van der Waals surface area (Å²) in [4.78, 5) is 24.1. The van der Waals surface area contributed by atoms with E-state index in [0.29, 0.717) is 0 Å². The Morgan fingerprint density at radius 3 is 2.47 bits per heavy atom. The first-order chi connectivity index (χ1) is 9.08. The summed E-state index contributed by atoms with van der Waals surface area (Å²) in [6, 6.07) is 12.1. The Balaban J connectivity index is 2.15. The Hall–Kier alpha value is -2.56. The molecular formula is C14H13NO4. The zero-order valence-corrected chi connectivity index (χ0v) is 10.4. The molecule has 0 fully saturated rings. The zero-order chi connectivity index (χ0) is 13.8. The molecule has 0 aliphatic carbocycles. The molecular weight excluding hydrogens is 246 g/mol. The maximum atomic E-state index is 12.1. The standard InChI is InChI=1S/C14H13NO4/c1-15(10-5-3-2-4-6-10)14(18)12-8-7-11(19-12)9-13(16)17/h2-8H,9H2,1H3,(H,16,17). The summed E-state index contributed by atoms with van der Waals surface area (Å²) in [7, 11) is 1.64. The second-order valence-electron chi connectivity index (χ2n) is 4.04. The number of nitrogens with zero attached hydrogens (tertiary/aromatic N) is 1. The summed E-state index contributed by atoms with van der Waals surface area (Å²) >= 11 is 0. The number of benzene rings is 1. The molecule has 5 heteroatoms. The number of carboxylic acids is 1. The molecule has 0 saturated carbocycles. The summed E-state index contributed by atoms with van der Waals surface area (Å²) in [5.41, 5.74) is 0.740.